The zero-order chi connectivity index (χ0) is 12.5. The summed E-state index contributed by atoms with van der Waals surface area (Å²) in [6.07, 6.45) is 0.838. The van der Waals surface area contributed by atoms with Crippen LogP contribution in [0.25, 0.3) is 0 Å². The van der Waals surface area contributed by atoms with E-state index in [1.54, 1.807) is 12.1 Å². The van der Waals surface area contributed by atoms with Crippen LogP contribution in [0.3, 0.4) is 0 Å². The minimum Gasteiger partial charge on any atom is -0.313 e. The molecule has 0 radical (unpaired) electrons. The fourth-order valence-corrected chi connectivity index (χ4v) is 2.55. The summed E-state index contributed by atoms with van der Waals surface area (Å²) >= 11 is 0. The number of rotatable bonds is 1. The van der Waals surface area contributed by atoms with Crippen molar-refractivity contribution in [1.82, 2.24) is 5.06 Å². The third-order valence-corrected chi connectivity index (χ3v) is 3.44. The number of hydrogen-bond donors (Lipinski definition) is 1. The van der Waals surface area contributed by atoms with Gasteiger partial charge in [0.1, 0.15) is 5.82 Å². The normalized spacial score (nSPS) is 19.6. The summed E-state index contributed by atoms with van der Waals surface area (Å²) in [5.41, 5.74) is 3.25. The number of nitrogens with zero attached hydrogens (tertiary/aromatic N) is 1. The molecule has 0 amide bonds. The van der Waals surface area contributed by atoms with Gasteiger partial charge in [-0.15, -0.1) is 0 Å². The molecule has 0 spiro atoms. The number of benzene rings is 2. The lowest BCUT2D eigenvalue weighted by Gasteiger charge is -2.33. The van der Waals surface area contributed by atoms with E-state index in [4.69, 9.17) is 0 Å². The summed E-state index contributed by atoms with van der Waals surface area (Å²) in [5.74, 6) is -0.257. The Bertz CT molecular complexity index is 553. The summed E-state index contributed by atoms with van der Waals surface area (Å²) in [7, 11) is 0. The van der Waals surface area contributed by atoms with Gasteiger partial charge in [0, 0.05) is 6.54 Å². The van der Waals surface area contributed by atoms with Crippen molar-refractivity contribution in [3.05, 3.63) is 71.0 Å². The molecular formula is C15H14FNO. The van der Waals surface area contributed by atoms with Gasteiger partial charge in [-0.1, -0.05) is 36.4 Å². The van der Waals surface area contributed by atoms with Crippen LogP contribution in [0.5, 0.6) is 0 Å². The van der Waals surface area contributed by atoms with Gasteiger partial charge in [-0.2, -0.15) is 5.06 Å². The van der Waals surface area contributed by atoms with E-state index in [0.29, 0.717) is 6.54 Å². The Morgan fingerprint density at radius 1 is 1.06 bits per heavy atom. The third-order valence-electron chi connectivity index (χ3n) is 3.44. The zero-order valence-corrected chi connectivity index (χ0v) is 9.88. The molecule has 2 aromatic rings. The molecule has 3 rings (SSSR count). The lowest BCUT2D eigenvalue weighted by atomic mass is 9.89. The van der Waals surface area contributed by atoms with Crippen molar-refractivity contribution in [2.75, 3.05) is 6.54 Å². The minimum absolute atomic E-state index is 0.199. The molecule has 2 nitrogen and oxygen atoms in total. The smallest absolute Gasteiger partial charge is 0.123 e. The van der Waals surface area contributed by atoms with E-state index < -0.39 is 0 Å². The number of hydroxylamine groups is 2. The molecule has 1 heterocycles. The van der Waals surface area contributed by atoms with Crippen LogP contribution in [0.4, 0.5) is 4.39 Å². The summed E-state index contributed by atoms with van der Waals surface area (Å²) in [6.45, 7) is 0.596. The maximum Gasteiger partial charge on any atom is 0.123 e. The van der Waals surface area contributed by atoms with Crippen LogP contribution in [0.2, 0.25) is 0 Å². The zero-order valence-electron chi connectivity index (χ0n) is 9.88. The van der Waals surface area contributed by atoms with E-state index in [-0.39, 0.29) is 11.9 Å². The average Bonchev–Trinajstić information content (AvgIpc) is 2.40. The third kappa shape index (κ3) is 1.92. The van der Waals surface area contributed by atoms with Gasteiger partial charge in [-0.3, -0.25) is 0 Å². The van der Waals surface area contributed by atoms with Crippen molar-refractivity contribution in [2.24, 2.45) is 0 Å². The molecule has 0 saturated heterocycles. The second-order valence-electron chi connectivity index (χ2n) is 4.57. The highest BCUT2D eigenvalue weighted by Crippen LogP contribution is 2.33. The highest BCUT2D eigenvalue weighted by molar-refractivity contribution is 5.39. The Morgan fingerprint density at radius 3 is 2.56 bits per heavy atom. The summed E-state index contributed by atoms with van der Waals surface area (Å²) in [5, 5.41) is 11.4. The summed E-state index contributed by atoms with van der Waals surface area (Å²) in [4.78, 5) is 0. The first-order valence-electron chi connectivity index (χ1n) is 6.04. The molecule has 2 aromatic carbocycles. The Morgan fingerprint density at radius 2 is 1.78 bits per heavy atom. The fourth-order valence-electron chi connectivity index (χ4n) is 2.55. The van der Waals surface area contributed by atoms with Crippen LogP contribution in [-0.2, 0) is 6.42 Å². The van der Waals surface area contributed by atoms with Gasteiger partial charge < -0.3 is 5.21 Å². The van der Waals surface area contributed by atoms with Gasteiger partial charge >= 0.3 is 0 Å². The molecule has 1 aliphatic heterocycles. The van der Waals surface area contributed by atoms with Gasteiger partial charge in [0.25, 0.3) is 0 Å². The van der Waals surface area contributed by atoms with E-state index >= 15 is 0 Å². The van der Waals surface area contributed by atoms with Crippen molar-refractivity contribution in [3.8, 4) is 0 Å². The van der Waals surface area contributed by atoms with Gasteiger partial charge in [0.05, 0.1) is 6.04 Å². The molecule has 1 N–H and O–H groups in total. The molecule has 1 aliphatic rings. The van der Waals surface area contributed by atoms with E-state index in [9.17, 15) is 9.60 Å². The first kappa shape index (κ1) is 11.4. The maximum absolute atomic E-state index is 13.0. The molecular weight excluding hydrogens is 229 g/mol. The first-order valence-corrected chi connectivity index (χ1v) is 6.04. The molecule has 0 aromatic heterocycles. The van der Waals surface area contributed by atoms with E-state index in [1.165, 1.54) is 22.8 Å². The Hall–Kier alpha value is -1.71. The fraction of sp³-hybridized carbons (Fsp3) is 0.200. The molecule has 1 atom stereocenters. The minimum atomic E-state index is -0.257. The molecule has 0 bridgehead atoms. The van der Waals surface area contributed by atoms with Crippen LogP contribution in [0.1, 0.15) is 22.7 Å². The van der Waals surface area contributed by atoms with Crippen LogP contribution in [0, 0.1) is 5.82 Å². The molecule has 0 fully saturated rings. The van der Waals surface area contributed by atoms with Gasteiger partial charge in [0.15, 0.2) is 0 Å². The van der Waals surface area contributed by atoms with E-state index in [2.05, 4.69) is 6.07 Å². The highest BCUT2D eigenvalue weighted by Gasteiger charge is 2.27. The largest absolute Gasteiger partial charge is 0.313 e. The SMILES string of the molecule is ON1CCc2ccccc2[C@@H]1c1ccc(F)cc1. The quantitative estimate of drug-likeness (QED) is 0.831. The first-order chi connectivity index (χ1) is 8.75. The van der Waals surface area contributed by atoms with E-state index in [0.717, 1.165) is 17.5 Å². The highest BCUT2D eigenvalue weighted by atomic mass is 19.1. The predicted molar refractivity (Wildman–Crippen MR) is 66.9 cm³/mol. The number of fused-ring (bicyclic) bond motifs is 1. The van der Waals surface area contributed by atoms with Crippen molar-refractivity contribution >= 4 is 0 Å². The van der Waals surface area contributed by atoms with Crippen LogP contribution < -0.4 is 0 Å². The molecule has 0 saturated carbocycles. The second kappa shape index (κ2) is 4.52. The van der Waals surface area contributed by atoms with Crippen molar-refractivity contribution < 1.29 is 9.60 Å². The van der Waals surface area contributed by atoms with Crippen LogP contribution in [-0.4, -0.2) is 16.8 Å². The van der Waals surface area contributed by atoms with E-state index in [1.807, 2.05) is 18.2 Å². The second-order valence-corrected chi connectivity index (χ2v) is 4.57. The molecule has 0 unspecified atom stereocenters. The number of halogens is 1. The maximum atomic E-state index is 13.0. The van der Waals surface area contributed by atoms with Crippen LogP contribution >= 0.6 is 0 Å². The topological polar surface area (TPSA) is 23.5 Å². The Balaban J connectivity index is 2.07. The summed E-state index contributed by atoms with van der Waals surface area (Å²) in [6, 6.07) is 14.2. The molecule has 18 heavy (non-hydrogen) atoms. The van der Waals surface area contributed by atoms with Crippen molar-refractivity contribution in [1.29, 1.82) is 0 Å². The van der Waals surface area contributed by atoms with Gasteiger partial charge in [0.2, 0.25) is 0 Å². The van der Waals surface area contributed by atoms with Crippen molar-refractivity contribution in [2.45, 2.75) is 12.5 Å². The molecule has 0 aliphatic carbocycles. The van der Waals surface area contributed by atoms with Gasteiger partial charge in [-0.25, -0.2) is 4.39 Å². The lowest BCUT2D eigenvalue weighted by molar-refractivity contribution is -0.121. The Kier molecular flexibility index (Phi) is 2.86. The van der Waals surface area contributed by atoms with Crippen LogP contribution in [0.15, 0.2) is 48.5 Å². The Labute approximate surface area is 105 Å². The molecule has 3 heteroatoms. The standard InChI is InChI=1S/C15H14FNO/c16-13-7-5-12(6-8-13)15-14-4-2-1-3-11(14)9-10-17(15)18/h1-8,15,18H,9-10H2/t15-/m0/s1. The lowest BCUT2D eigenvalue weighted by Crippen LogP contribution is -2.33. The summed E-state index contributed by atoms with van der Waals surface area (Å²) < 4.78 is 13.0. The number of hydrogen-bond acceptors (Lipinski definition) is 2. The average molecular weight is 243 g/mol. The predicted octanol–water partition coefficient (Wildman–Crippen LogP) is 3.16. The molecule has 92 valence electrons. The monoisotopic (exact) mass is 243 g/mol. The van der Waals surface area contributed by atoms with Gasteiger partial charge in [-0.05, 0) is 35.2 Å². The van der Waals surface area contributed by atoms with Crippen molar-refractivity contribution in [3.63, 3.8) is 0 Å².